The molecule has 0 spiro atoms. The Morgan fingerprint density at radius 1 is 0.274 bits per heavy atom. The van der Waals surface area contributed by atoms with Gasteiger partial charge in [-0.05, 0) is 93.7 Å². The second-order valence-electron chi connectivity index (χ2n) is 14.7. The second-order valence-corrected chi connectivity index (χ2v) is 14.7. The SMILES string of the molecule is COc1ccc(-c2nc(-c3ccccc3)nc(-c3cccc(-c4cccc5cccc(-c6cccc(-c7nc(-c8ccccc8)nc(-c8ccc(OC)cc8)n7)c6)c45)c3)n2)cc1. The molecule has 0 aliphatic heterocycles. The fourth-order valence-electron chi connectivity index (χ4n) is 7.65. The van der Waals surface area contributed by atoms with Crippen molar-refractivity contribution in [2.75, 3.05) is 14.2 Å². The first kappa shape index (κ1) is 37.9. The number of hydrogen-bond acceptors (Lipinski definition) is 8. The highest BCUT2D eigenvalue weighted by Gasteiger charge is 2.17. The largest absolute Gasteiger partial charge is 0.497 e. The van der Waals surface area contributed by atoms with Crippen molar-refractivity contribution in [3.05, 3.63) is 194 Å². The smallest absolute Gasteiger partial charge is 0.164 e. The van der Waals surface area contributed by atoms with Crippen molar-refractivity contribution in [2.45, 2.75) is 0 Å². The average molecular weight is 803 g/mol. The first-order chi connectivity index (χ1) is 30.6. The van der Waals surface area contributed by atoms with Gasteiger partial charge in [0.15, 0.2) is 34.9 Å². The fraction of sp³-hybridized carbons (Fsp3) is 0.0370. The lowest BCUT2D eigenvalue weighted by Gasteiger charge is -2.15. The molecule has 0 bridgehead atoms. The van der Waals surface area contributed by atoms with Crippen LogP contribution in [-0.4, -0.2) is 44.1 Å². The molecule has 0 atom stereocenters. The van der Waals surface area contributed by atoms with Gasteiger partial charge >= 0.3 is 0 Å². The summed E-state index contributed by atoms with van der Waals surface area (Å²) < 4.78 is 10.8. The third kappa shape index (κ3) is 7.64. The highest BCUT2D eigenvalue weighted by atomic mass is 16.5. The molecule has 0 fully saturated rings. The van der Waals surface area contributed by atoms with Gasteiger partial charge in [-0.2, -0.15) is 0 Å². The molecule has 62 heavy (non-hydrogen) atoms. The molecule has 0 saturated heterocycles. The van der Waals surface area contributed by atoms with Crippen molar-refractivity contribution in [2.24, 2.45) is 0 Å². The molecular weight excluding hydrogens is 765 g/mol. The molecule has 8 aromatic carbocycles. The van der Waals surface area contributed by atoms with E-state index in [-0.39, 0.29) is 0 Å². The number of nitrogens with zero attached hydrogens (tertiary/aromatic N) is 6. The Hall–Kier alpha value is -8.36. The molecule has 0 amide bonds. The third-order valence-corrected chi connectivity index (χ3v) is 10.8. The molecule has 8 nitrogen and oxygen atoms in total. The Balaban J connectivity index is 1.07. The third-order valence-electron chi connectivity index (χ3n) is 10.8. The summed E-state index contributed by atoms with van der Waals surface area (Å²) >= 11 is 0. The highest BCUT2D eigenvalue weighted by molar-refractivity contribution is 6.07. The fourth-order valence-corrected chi connectivity index (χ4v) is 7.65. The van der Waals surface area contributed by atoms with Crippen LogP contribution >= 0.6 is 0 Å². The summed E-state index contributed by atoms with van der Waals surface area (Å²) in [6.07, 6.45) is 0. The summed E-state index contributed by atoms with van der Waals surface area (Å²) in [4.78, 5) is 29.9. The van der Waals surface area contributed by atoms with Gasteiger partial charge in [0.1, 0.15) is 11.5 Å². The van der Waals surface area contributed by atoms with E-state index in [2.05, 4.69) is 84.9 Å². The van der Waals surface area contributed by atoms with E-state index in [1.807, 2.05) is 109 Å². The van der Waals surface area contributed by atoms with Gasteiger partial charge in [-0.25, -0.2) is 29.9 Å². The number of ether oxygens (including phenoxy) is 2. The van der Waals surface area contributed by atoms with Crippen LogP contribution in [0.4, 0.5) is 0 Å². The average Bonchev–Trinajstić information content (AvgIpc) is 3.36. The molecule has 0 aliphatic rings. The summed E-state index contributed by atoms with van der Waals surface area (Å²) in [5.41, 5.74) is 9.58. The number of rotatable bonds is 10. The van der Waals surface area contributed by atoms with Crippen LogP contribution in [0, 0.1) is 0 Å². The molecule has 296 valence electrons. The predicted molar refractivity (Wildman–Crippen MR) is 247 cm³/mol. The Labute approximate surface area is 359 Å². The zero-order valence-electron chi connectivity index (χ0n) is 34.0. The summed E-state index contributed by atoms with van der Waals surface area (Å²) in [5, 5.41) is 2.25. The second kappa shape index (κ2) is 16.7. The van der Waals surface area contributed by atoms with Crippen LogP contribution in [0.25, 0.3) is 101 Å². The molecule has 10 aromatic rings. The number of aromatic nitrogens is 6. The molecule has 10 rings (SSSR count). The van der Waals surface area contributed by atoms with Crippen molar-refractivity contribution in [1.29, 1.82) is 0 Å². The van der Waals surface area contributed by atoms with E-state index in [0.717, 1.165) is 77.9 Å². The maximum Gasteiger partial charge on any atom is 0.164 e. The van der Waals surface area contributed by atoms with Crippen molar-refractivity contribution in [1.82, 2.24) is 29.9 Å². The van der Waals surface area contributed by atoms with Crippen LogP contribution in [-0.2, 0) is 0 Å². The van der Waals surface area contributed by atoms with Crippen LogP contribution in [0.15, 0.2) is 194 Å². The molecule has 8 heteroatoms. The lowest BCUT2D eigenvalue weighted by molar-refractivity contribution is 0.414. The van der Waals surface area contributed by atoms with Crippen LogP contribution < -0.4 is 9.47 Å². The minimum atomic E-state index is 0.583. The lowest BCUT2D eigenvalue weighted by Crippen LogP contribution is -2.00. The minimum absolute atomic E-state index is 0.583. The van der Waals surface area contributed by atoms with Crippen LogP contribution in [0.3, 0.4) is 0 Å². The van der Waals surface area contributed by atoms with Crippen LogP contribution in [0.5, 0.6) is 11.5 Å². The maximum atomic E-state index is 5.42. The zero-order chi connectivity index (χ0) is 41.8. The quantitative estimate of drug-likeness (QED) is 0.135. The number of methoxy groups -OCH3 is 2. The zero-order valence-corrected chi connectivity index (χ0v) is 34.0. The Morgan fingerprint density at radius 3 is 0.952 bits per heavy atom. The summed E-state index contributed by atoms with van der Waals surface area (Å²) in [6, 6.07) is 65.3. The van der Waals surface area contributed by atoms with E-state index in [9.17, 15) is 0 Å². The molecule has 2 heterocycles. The number of hydrogen-bond donors (Lipinski definition) is 0. The molecule has 0 aliphatic carbocycles. The summed E-state index contributed by atoms with van der Waals surface area (Å²) in [6.45, 7) is 0. The molecule has 2 aromatic heterocycles. The monoisotopic (exact) mass is 802 g/mol. The van der Waals surface area contributed by atoms with Gasteiger partial charge in [0.25, 0.3) is 0 Å². The van der Waals surface area contributed by atoms with Gasteiger partial charge in [0.05, 0.1) is 14.2 Å². The Bertz CT molecular complexity index is 2980. The van der Waals surface area contributed by atoms with E-state index in [1.54, 1.807) is 14.2 Å². The van der Waals surface area contributed by atoms with Crippen molar-refractivity contribution in [3.8, 4) is 102 Å². The van der Waals surface area contributed by atoms with E-state index in [4.69, 9.17) is 39.4 Å². The van der Waals surface area contributed by atoms with Gasteiger partial charge in [0.2, 0.25) is 0 Å². The van der Waals surface area contributed by atoms with Crippen molar-refractivity contribution < 1.29 is 9.47 Å². The van der Waals surface area contributed by atoms with Gasteiger partial charge in [-0.3, -0.25) is 0 Å². The standard InChI is InChI=1S/C54H38N6O2/c1-61-44-29-25-38(26-30-44)51-55-49(36-13-5-3-6-14-36)57-53(59-51)42-21-9-19-40(33-42)46-23-11-17-35-18-12-24-47(48(35)46)41-20-10-22-43(34-41)54-58-50(37-15-7-4-8-16-37)56-52(60-54)39-27-31-45(62-2)32-28-39/h3-34H,1-2H3. The van der Waals surface area contributed by atoms with E-state index in [0.29, 0.717) is 34.9 Å². The minimum Gasteiger partial charge on any atom is -0.497 e. The first-order valence-corrected chi connectivity index (χ1v) is 20.3. The predicted octanol–water partition coefficient (Wildman–Crippen LogP) is 12.6. The Morgan fingerprint density at radius 2 is 0.581 bits per heavy atom. The maximum absolute atomic E-state index is 5.42. The van der Waals surface area contributed by atoms with Crippen LogP contribution in [0.2, 0.25) is 0 Å². The summed E-state index contributed by atoms with van der Waals surface area (Å²) in [7, 11) is 3.32. The van der Waals surface area contributed by atoms with Gasteiger partial charge < -0.3 is 9.47 Å². The molecule has 0 saturated carbocycles. The highest BCUT2D eigenvalue weighted by Crippen LogP contribution is 2.39. The molecule has 0 radical (unpaired) electrons. The van der Waals surface area contributed by atoms with E-state index < -0.39 is 0 Å². The van der Waals surface area contributed by atoms with Crippen LogP contribution in [0.1, 0.15) is 0 Å². The van der Waals surface area contributed by atoms with Gasteiger partial charge in [-0.15, -0.1) is 0 Å². The van der Waals surface area contributed by atoms with E-state index in [1.165, 1.54) is 0 Å². The lowest BCUT2D eigenvalue weighted by atomic mass is 9.90. The number of fused-ring (bicyclic) bond motifs is 1. The molecule has 0 N–H and O–H groups in total. The summed E-state index contributed by atoms with van der Waals surface area (Å²) in [5.74, 6) is 5.07. The first-order valence-electron chi connectivity index (χ1n) is 20.3. The molecular formula is C54H38N6O2. The van der Waals surface area contributed by atoms with Crippen molar-refractivity contribution >= 4 is 10.8 Å². The van der Waals surface area contributed by atoms with Gasteiger partial charge in [-0.1, -0.05) is 133 Å². The normalized spacial score (nSPS) is 11.1. The van der Waals surface area contributed by atoms with E-state index >= 15 is 0 Å². The molecule has 0 unspecified atom stereocenters. The number of benzene rings is 8. The topological polar surface area (TPSA) is 95.8 Å². The van der Waals surface area contributed by atoms with Gasteiger partial charge in [0, 0.05) is 33.4 Å². The Kier molecular flexibility index (Phi) is 10.2. The van der Waals surface area contributed by atoms with Crippen molar-refractivity contribution in [3.63, 3.8) is 0 Å².